The Morgan fingerprint density at radius 3 is 2.64 bits per heavy atom. The summed E-state index contributed by atoms with van der Waals surface area (Å²) in [6.45, 7) is 2.48. The summed E-state index contributed by atoms with van der Waals surface area (Å²) in [5, 5.41) is 10.0. The predicted molar refractivity (Wildman–Crippen MR) is 102 cm³/mol. The Morgan fingerprint density at radius 2 is 1.93 bits per heavy atom. The fraction of sp³-hybridized carbons (Fsp3) is 0.300. The number of piperazine rings is 1. The predicted octanol–water partition coefficient (Wildman–Crippen LogP) is 2.25. The first-order valence-corrected chi connectivity index (χ1v) is 9.15. The quantitative estimate of drug-likeness (QED) is 0.752. The zero-order chi connectivity index (χ0) is 19.5. The summed E-state index contributed by atoms with van der Waals surface area (Å²) in [7, 11) is 0. The molecule has 1 N–H and O–H groups in total. The highest BCUT2D eigenvalue weighted by molar-refractivity contribution is 5.93. The molecule has 1 aromatic carbocycles. The van der Waals surface area contributed by atoms with Crippen LogP contribution in [0.4, 0.5) is 10.2 Å². The molecule has 8 heteroatoms. The summed E-state index contributed by atoms with van der Waals surface area (Å²) in [5.74, 6) is 0.546. The largest absolute Gasteiger partial charge is 0.352 e. The van der Waals surface area contributed by atoms with Crippen molar-refractivity contribution in [1.82, 2.24) is 19.9 Å². The third-order valence-corrected chi connectivity index (χ3v) is 5.04. The second-order valence-electron chi connectivity index (χ2n) is 6.73. The molecule has 1 aliphatic rings. The molecule has 3 heterocycles. The molecule has 1 amide bonds. The van der Waals surface area contributed by atoms with Gasteiger partial charge in [-0.1, -0.05) is 12.1 Å². The van der Waals surface area contributed by atoms with Gasteiger partial charge in [0, 0.05) is 38.8 Å². The number of aryl methyl sites for hydroxylation is 1. The molecule has 7 nitrogen and oxygen atoms in total. The van der Waals surface area contributed by atoms with Crippen LogP contribution in [0.25, 0.3) is 11.0 Å². The molecule has 0 aliphatic carbocycles. The zero-order valence-corrected chi connectivity index (χ0v) is 15.2. The first kappa shape index (κ1) is 17.9. The van der Waals surface area contributed by atoms with Crippen LogP contribution in [0.1, 0.15) is 17.5 Å². The number of hydrogen-bond donors (Lipinski definition) is 1. The lowest BCUT2D eigenvalue weighted by Crippen LogP contribution is -2.49. The molecule has 0 radical (unpaired) electrons. The lowest BCUT2D eigenvalue weighted by Gasteiger charge is -2.35. The van der Waals surface area contributed by atoms with Crippen molar-refractivity contribution in [3.05, 3.63) is 53.7 Å². The topological polar surface area (TPSA) is 88.9 Å². The summed E-state index contributed by atoms with van der Waals surface area (Å²) in [5.41, 5.74) is 2.11. The van der Waals surface area contributed by atoms with E-state index in [1.54, 1.807) is 18.3 Å². The molecular formula is C20H19FN6O. The second-order valence-corrected chi connectivity index (χ2v) is 6.73. The maximum Gasteiger partial charge on any atom is 0.223 e. The van der Waals surface area contributed by atoms with Gasteiger partial charge in [-0.2, -0.15) is 5.26 Å². The number of rotatable bonds is 4. The molecule has 142 valence electrons. The van der Waals surface area contributed by atoms with Crippen molar-refractivity contribution in [2.24, 2.45) is 0 Å². The van der Waals surface area contributed by atoms with Gasteiger partial charge in [0.15, 0.2) is 0 Å². The zero-order valence-electron chi connectivity index (χ0n) is 15.2. The van der Waals surface area contributed by atoms with Gasteiger partial charge in [-0.25, -0.2) is 14.4 Å². The molecular weight excluding hydrogens is 359 g/mol. The number of benzene rings is 1. The maximum atomic E-state index is 13.0. The number of hydrogen-bond acceptors (Lipinski definition) is 5. The van der Waals surface area contributed by atoms with Crippen LogP contribution in [0.2, 0.25) is 0 Å². The fourth-order valence-corrected chi connectivity index (χ4v) is 3.50. The van der Waals surface area contributed by atoms with Crippen molar-refractivity contribution in [1.29, 1.82) is 5.26 Å². The van der Waals surface area contributed by atoms with Crippen LogP contribution in [0.5, 0.6) is 0 Å². The Balaban J connectivity index is 1.38. The Labute approximate surface area is 161 Å². The van der Waals surface area contributed by atoms with Crippen LogP contribution in [0.15, 0.2) is 36.8 Å². The van der Waals surface area contributed by atoms with E-state index in [0.717, 1.165) is 16.8 Å². The first-order valence-electron chi connectivity index (χ1n) is 9.15. The van der Waals surface area contributed by atoms with E-state index in [-0.39, 0.29) is 11.7 Å². The monoisotopic (exact) mass is 378 g/mol. The summed E-state index contributed by atoms with van der Waals surface area (Å²) in [6.07, 6.45) is 4.12. The van der Waals surface area contributed by atoms with Gasteiger partial charge < -0.3 is 14.8 Å². The lowest BCUT2D eigenvalue weighted by molar-refractivity contribution is -0.131. The molecule has 4 rings (SSSR count). The molecule has 0 atom stereocenters. The number of carbonyl (C=O) groups is 1. The van der Waals surface area contributed by atoms with Gasteiger partial charge >= 0.3 is 0 Å². The molecule has 0 bridgehead atoms. The minimum absolute atomic E-state index is 0.0937. The van der Waals surface area contributed by atoms with Crippen LogP contribution < -0.4 is 4.90 Å². The normalized spacial score (nSPS) is 14.3. The van der Waals surface area contributed by atoms with E-state index in [0.29, 0.717) is 50.2 Å². The molecule has 1 aliphatic heterocycles. The molecule has 0 spiro atoms. The van der Waals surface area contributed by atoms with Crippen molar-refractivity contribution >= 4 is 22.8 Å². The van der Waals surface area contributed by atoms with Crippen LogP contribution >= 0.6 is 0 Å². The van der Waals surface area contributed by atoms with Gasteiger partial charge in [-0.3, -0.25) is 4.79 Å². The maximum absolute atomic E-state index is 13.0. The molecule has 1 saturated heterocycles. The lowest BCUT2D eigenvalue weighted by atomic mass is 10.1. The Bertz CT molecular complexity index is 1030. The highest BCUT2D eigenvalue weighted by Gasteiger charge is 2.24. The average molecular weight is 378 g/mol. The average Bonchev–Trinajstić information content (AvgIpc) is 3.17. The number of nitrogens with one attached hydrogen (secondary N) is 1. The van der Waals surface area contributed by atoms with Gasteiger partial charge in [0.05, 0.1) is 10.9 Å². The molecule has 1 fully saturated rings. The number of nitrogens with zero attached hydrogens (tertiary/aromatic N) is 5. The van der Waals surface area contributed by atoms with Gasteiger partial charge in [0.2, 0.25) is 5.91 Å². The number of aromatic amines is 1. The molecule has 28 heavy (non-hydrogen) atoms. The van der Waals surface area contributed by atoms with Gasteiger partial charge in [0.25, 0.3) is 0 Å². The van der Waals surface area contributed by atoms with Crippen molar-refractivity contribution in [2.75, 3.05) is 31.1 Å². The van der Waals surface area contributed by atoms with Crippen molar-refractivity contribution < 1.29 is 9.18 Å². The van der Waals surface area contributed by atoms with E-state index >= 15 is 0 Å². The summed E-state index contributed by atoms with van der Waals surface area (Å²) in [4.78, 5) is 28.0. The smallest absolute Gasteiger partial charge is 0.223 e. The van der Waals surface area contributed by atoms with Gasteiger partial charge in [-0.15, -0.1) is 0 Å². The van der Waals surface area contributed by atoms with Crippen molar-refractivity contribution in [2.45, 2.75) is 12.8 Å². The number of anilines is 1. The van der Waals surface area contributed by atoms with E-state index in [4.69, 9.17) is 0 Å². The first-order chi connectivity index (χ1) is 13.7. The van der Waals surface area contributed by atoms with E-state index in [1.165, 1.54) is 18.5 Å². The Hall–Kier alpha value is -3.47. The van der Waals surface area contributed by atoms with E-state index in [9.17, 15) is 14.4 Å². The van der Waals surface area contributed by atoms with Crippen molar-refractivity contribution in [3.63, 3.8) is 0 Å². The van der Waals surface area contributed by atoms with Crippen molar-refractivity contribution in [3.8, 4) is 6.07 Å². The Kier molecular flexibility index (Phi) is 4.89. The molecule has 0 unspecified atom stereocenters. The van der Waals surface area contributed by atoms with Crippen LogP contribution in [0.3, 0.4) is 0 Å². The van der Waals surface area contributed by atoms with Crippen LogP contribution in [-0.4, -0.2) is 51.9 Å². The number of fused-ring (bicyclic) bond motifs is 1. The highest BCUT2D eigenvalue weighted by Crippen LogP contribution is 2.26. The number of aromatic nitrogens is 3. The summed E-state index contributed by atoms with van der Waals surface area (Å²) < 4.78 is 13.0. The molecule has 3 aromatic rings. The summed E-state index contributed by atoms with van der Waals surface area (Å²) >= 11 is 0. The second kappa shape index (κ2) is 7.64. The van der Waals surface area contributed by atoms with E-state index in [2.05, 4.69) is 25.9 Å². The fourth-order valence-electron chi connectivity index (χ4n) is 3.50. The van der Waals surface area contributed by atoms with Gasteiger partial charge in [0.1, 0.15) is 29.7 Å². The van der Waals surface area contributed by atoms with E-state index in [1.807, 2.05) is 4.90 Å². The SMILES string of the molecule is N#Cc1c[nH]c2ncnc(N3CCN(C(=O)CCc4ccc(F)cc4)CC3)c12. The number of H-pyrrole nitrogens is 1. The number of amides is 1. The Morgan fingerprint density at radius 1 is 1.18 bits per heavy atom. The third kappa shape index (κ3) is 3.51. The standard InChI is InChI=1S/C20H19FN6O/c21-16-4-1-14(2-5-16)3-6-17(28)26-7-9-27(10-8-26)20-18-15(11-22)12-23-19(18)24-13-25-20/h1-2,4-5,12-13H,3,6-10H2,(H,23,24,25). The highest BCUT2D eigenvalue weighted by atomic mass is 19.1. The van der Waals surface area contributed by atoms with Gasteiger partial charge in [-0.05, 0) is 24.1 Å². The number of nitriles is 1. The molecule has 2 aromatic heterocycles. The van der Waals surface area contributed by atoms with E-state index < -0.39 is 0 Å². The number of carbonyl (C=O) groups excluding carboxylic acids is 1. The van der Waals surface area contributed by atoms with Crippen LogP contribution in [0, 0.1) is 17.1 Å². The number of halogens is 1. The summed E-state index contributed by atoms with van der Waals surface area (Å²) in [6, 6.07) is 8.42. The minimum Gasteiger partial charge on any atom is -0.352 e. The molecule has 0 saturated carbocycles. The third-order valence-electron chi connectivity index (χ3n) is 5.04. The van der Waals surface area contributed by atoms with Crippen LogP contribution in [-0.2, 0) is 11.2 Å². The minimum atomic E-state index is -0.271.